The van der Waals surface area contributed by atoms with E-state index in [1.54, 1.807) is 33.9 Å². The molecule has 0 radical (unpaired) electrons. The number of carbonyl (C=O) groups excluding carboxylic acids is 2. The van der Waals surface area contributed by atoms with E-state index in [1.807, 2.05) is 13.8 Å². The molecule has 1 saturated carbocycles. The van der Waals surface area contributed by atoms with Gasteiger partial charge in [-0.05, 0) is 57.6 Å². The van der Waals surface area contributed by atoms with Crippen LogP contribution in [0.2, 0.25) is 0 Å². The first kappa shape index (κ1) is 29.7. The van der Waals surface area contributed by atoms with E-state index in [9.17, 15) is 19.5 Å². The van der Waals surface area contributed by atoms with Crippen molar-refractivity contribution in [2.75, 3.05) is 38.3 Å². The number of carboxylic acid groups (broad SMARTS) is 1. The molecule has 0 bridgehead atoms. The van der Waals surface area contributed by atoms with Crippen molar-refractivity contribution in [3.63, 3.8) is 0 Å². The lowest BCUT2D eigenvalue weighted by Gasteiger charge is -2.38. The van der Waals surface area contributed by atoms with Crippen molar-refractivity contribution >= 4 is 23.7 Å². The fraction of sp³-hybridized carbons (Fsp3) is 0.679. The molecule has 1 aromatic carbocycles. The van der Waals surface area contributed by atoms with E-state index in [0.717, 1.165) is 0 Å². The zero-order chi connectivity index (χ0) is 28.2. The van der Waals surface area contributed by atoms with Gasteiger partial charge in [-0.25, -0.2) is 9.18 Å². The largest absolute Gasteiger partial charge is 0.493 e. The molecule has 1 aromatic rings. The predicted octanol–water partition coefficient (Wildman–Crippen LogP) is 4.82. The normalized spacial score (nSPS) is 19.8. The van der Waals surface area contributed by atoms with Gasteiger partial charge < -0.3 is 29.1 Å². The summed E-state index contributed by atoms with van der Waals surface area (Å²) in [6.07, 6.45) is 1.48. The quantitative estimate of drug-likeness (QED) is 0.428. The van der Waals surface area contributed by atoms with Crippen molar-refractivity contribution in [3.8, 4) is 5.75 Å². The number of ether oxygens (including phenoxy) is 3. The van der Waals surface area contributed by atoms with Crippen LogP contribution in [0.3, 0.4) is 0 Å². The summed E-state index contributed by atoms with van der Waals surface area (Å²) in [6, 6.07) is 2.81. The molecule has 2 amide bonds. The first-order valence-corrected chi connectivity index (χ1v) is 13.3. The Labute approximate surface area is 224 Å². The van der Waals surface area contributed by atoms with Crippen molar-refractivity contribution in [2.24, 2.45) is 11.8 Å². The van der Waals surface area contributed by atoms with Crippen molar-refractivity contribution in [2.45, 2.75) is 77.9 Å². The number of amides is 2. The Kier molecular flexibility index (Phi) is 9.62. The van der Waals surface area contributed by atoms with Crippen LogP contribution in [0, 0.1) is 17.7 Å². The van der Waals surface area contributed by atoms with Crippen LogP contribution in [-0.4, -0.2) is 73.0 Å². The standard InChI is InChI=1S/C28H41FN2O7/c1-17(2)21-13-22(29)23(14-24(21)37-11-7-10-36-6)31(20-8-9-20)25(32)18-12-19(26(33)34)16-30(15-18)27(35)38-28(3,4)5/h13-14,17-20H,7-12,15-16H2,1-6H3,(H,33,34)/t18-,19+/m1/s1. The molecule has 1 saturated heterocycles. The van der Waals surface area contributed by atoms with Gasteiger partial charge in [-0.3, -0.25) is 9.59 Å². The van der Waals surface area contributed by atoms with Crippen LogP contribution in [0.5, 0.6) is 5.75 Å². The van der Waals surface area contributed by atoms with Gasteiger partial charge in [-0.1, -0.05) is 13.8 Å². The third kappa shape index (κ3) is 7.58. The van der Waals surface area contributed by atoms with Crippen LogP contribution < -0.4 is 9.64 Å². The molecule has 2 atom stereocenters. The van der Waals surface area contributed by atoms with Crippen molar-refractivity contribution in [1.29, 1.82) is 0 Å². The predicted molar refractivity (Wildman–Crippen MR) is 140 cm³/mol. The van der Waals surface area contributed by atoms with Crippen molar-refractivity contribution < 1.29 is 38.1 Å². The zero-order valence-corrected chi connectivity index (χ0v) is 23.3. The van der Waals surface area contributed by atoms with Gasteiger partial charge in [0.25, 0.3) is 0 Å². The second-order valence-corrected chi connectivity index (χ2v) is 11.5. The average Bonchev–Trinajstić information content (AvgIpc) is 3.67. The molecular formula is C28H41FN2O7. The van der Waals surface area contributed by atoms with Crippen LogP contribution in [0.25, 0.3) is 0 Å². The maximum absolute atomic E-state index is 15.5. The number of carbonyl (C=O) groups is 3. The molecule has 0 unspecified atom stereocenters. The first-order chi connectivity index (χ1) is 17.8. The van der Waals surface area contributed by atoms with Crippen LogP contribution in [-0.2, 0) is 19.1 Å². The van der Waals surface area contributed by atoms with Crippen molar-refractivity contribution in [3.05, 3.63) is 23.5 Å². The number of rotatable bonds is 10. The summed E-state index contributed by atoms with van der Waals surface area (Å²) in [5.74, 6) is -3.26. The third-order valence-electron chi connectivity index (χ3n) is 6.66. The fourth-order valence-electron chi connectivity index (χ4n) is 4.66. The Balaban J connectivity index is 1.92. The van der Waals surface area contributed by atoms with Crippen LogP contribution >= 0.6 is 0 Å². The monoisotopic (exact) mass is 536 g/mol. The van der Waals surface area contributed by atoms with Gasteiger partial charge in [0.15, 0.2) is 0 Å². The lowest BCUT2D eigenvalue weighted by Crippen LogP contribution is -2.52. The summed E-state index contributed by atoms with van der Waals surface area (Å²) in [5, 5.41) is 9.74. The lowest BCUT2D eigenvalue weighted by molar-refractivity contribution is -0.144. The van der Waals surface area contributed by atoms with E-state index in [0.29, 0.717) is 43.8 Å². The molecule has 3 rings (SSSR count). The highest BCUT2D eigenvalue weighted by molar-refractivity contribution is 5.97. The average molecular weight is 537 g/mol. The van der Waals surface area contributed by atoms with Gasteiger partial charge in [-0.15, -0.1) is 0 Å². The van der Waals surface area contributed by atoms with Crippen LogP contribution in [0.4, 0.5) is 14.9 Å². The van der Waals surface area contributed by atoms with Gasteiger partial charge >= 0.3 is 12.1 Å². The summed E-state index contributed by atoms with van der Waals surface area (Å²) in [7, 11) is 1.61. The number of carboxylic acids is 1. The van der Waals surface area contributed by atoms with Gasteiger partial charge in [0, 0.05) is 45.3 Å². The number of likely N-dealkylation sites (tertiary alicyclic amines) is 1. The molecule has 9 nitrogen and oxygen atoms in total. The maximum Gasteiger partial charge on any atom is 0.410 e. The van der Waals surface area contributed by atoms with Crippen LogP contribution in [0.1, 0.15) is 71.8 Å². The third-order valence-corrected chi connectivity index (χ3v) is 6.66. The molecule has 1 heterocycles. The van der Waals surface area contributed by atoms with E-state index < -0.39 is 41.2 Å². The smallest absolute Gasteiger partial charge is 0.410 e. The number of piperidine rings is 1. The van der Waals surface area contributed by atoms with E-state index >= 15 is 4.39 Å². The molecule has 1 aliphatic carbocycles. The topological polar surface area (TPSA) is 106 Å². The molecule has 38 heavy (non-hydrogen) atoms. The molecule has 1 aliphatic heterocycles. The van der Waals surface area contributed by atoms with Crippen LogP contribution in [0.15, 0.2) is 12.1 Å². The zero-order valence-electron chi connectivity index (χ0n) is 23.3. The summed E-state index contributed by atoms with van der Waals surface area (Å²) in [4.78, 5) is 41.3. The number of aliphatic carboxylic acids is 1. The number of anilines is 1. The molecule has 10 heteroatoms. The second-order valence-electron chi connectivity index (χ2n) is 11.5. The molecule has 0 spiro atoms. The molecule has 2 fully saturated rings. The summed E-state index contributed by atoms with van der Waals surface area (Å²) < 4.78 is 32.1. The molecule has 212 valence electrons. The molecule has 0 aromatic heterocycles. The number of nitrogens with zero attached hydrogens (tertiary/aromatic N) is 2. The van der Waals surface area contributed by atoms with Gasteiger partial charge in [0.1, 0.15) is 17.2 Å². The van der Waals surface area contributed by atoms with E-state index in [-0.39, 0.29) is 37.2 Å². The second kappa shape index (κ2) is 12.3. The van der Waals surface area contributed by atoms with E-state index in [2.05, 4.69) is 0 Å². The maximum atomic E-state index is 15.5. The highest BCUT2D eigenvalue weighted by Crippen LogP contribution is 2.40. The molecular weight excluding hydrogens is 495 g/mol. The Morgan fingerprint density at radius 3 is 2.34 bits per heavy atom. The fourth-order valence-corrected chi connectivity index (χ4v) is 4.66. The van der Waals surface area contributed by atoms with Gasteiger partial charge in [-0.2, -0.15) is 0 Å². The van der Waals surface area contributed by atoms with E-state index in [4.69, 9.17) is 14.2 Å². The minimum Gasteiger partial charge on any atom is -0.493 e. The summed E-state index contributed by atoms with van der Waals surface area (Å²) >= 11 is 0. The minimum absolute atomic E-state index is 0.00175. The highest BCUT2D eigenvalue weighted by atomic mass is 19.1. The minimum atomic E-state index is -1.09. The number of methoxy groups -OCH3 is 1. The molecule has 1 N–H and O–H groups in total. The van der Waals surface area contributed by atoms with E-state index in [1.165, 1.54) is 15.9 Å². The SMILES string of the molecule is COCCCOc1cc(N(C(=O)[C@@H]2C[C@H](C(=O)O)CN(C(=O)OC(C)(C)C)C2)C2CC2)c(F)cc1C(C)C. The summed E-state index contributed by atoms with van der Waals surface area (Å²) in [5.41, 5.74) is 0.0461. The lowest BCUT2D eigenvalue weighted by atomic mass is 9.88. The van der Waals surface area contributed by atoms with Gasteiger partial charge in [0.05, 0.1) is 24.1 Å². The Bertz CT molecular complexity index is 1020. The first-order valence-electron chi connectivity index (χ1n) is 13.3. The number of hydrogen-bond acceptors (Lipinski definition) is 6. The van der Waals surface area contributed by atoms with Gasteiger partial charge in [0.2, 0.25) is 5.91 Å². The summed E-state index contributed by atoms with van der Waals surface area (Å²) in [6.45, 7) is 9.92. The molecule has 2 aliphatic rings. The Morgan fingerprint density at radius 1 is 1.13 bits per heavy atom. The Morgan fingerprint density at radius 2 is 1.79 bits per heavy atom. The number of halogens is 1. The highest BCUT2D eigenvalue weighted by Gasteiger charge is 2.44. The number of benzene rings is 1. The Hall–Kier alpha value is -2.88. The number of hydrogen-bond donors (Lipinski definition) is 1. The van der Waals surface area contributed by atoms with Crippen molar-refractivity contribution in [1.82, 2.24) is 4.90 Å².